The topological polar surface area (TPSA) is 105 Å². The summed E-state index contributed by atoms with van der Waals surface area (Å²) in [5.41, 5.74) is 1.69. The number of ether oxygens (including phenoxy) is 1. The Labute approximate surface area is 218 Å². The highest BCUT2D eigenvalue weighted by molar-refractivity contribution is 5.94. The maximum absolute atomic E-state index is 13.5. The molecule has 2 fully saturated rings. The molecule has 2 aliphatic rings. The summed E-state index contributed by atoms with van der Waals surface area (Å²) in [4.78, 5) is 50.3. The third-order valence-electron chi connectivity index (χ3n) is 6.53. The van der Waals surface area contributed by atoms with Crippen LogP contribution in [0.2, 0.25) is 0 Å². The van der Waals surface area contributed by atoms with Gasteiger partial charge in [0.05, 0.1) is 12.0 Å². The number of benzene rings is 1. The lowest BCUT2D eigenvalue weighted by atomic mass is 10.0. The number of hydrogen-bond acceptors (Lipinski definition) is 6. The molecule has 4 rings (SSSR count). The van der Waals surface area contributed by atoms with Gasteiger partial charge in [-0.3, -0.25) is 9.59 Å². The second kappa shape index (κ2) is 11.3. The molecular formula is C28H37N5O4. The molecule has 37 heavy (non-hydrogen) atoms. The minimum absolute atomic E-state index is 0.00917. The van der Waals surface area contributed by atoms with Gasteiger partial charge in [0.15, 0.2) is 5.82 Å². The Balaban J connectivity index is 1.38. The fourth-order valence-corrected chi connectivity index (χ4v) is 4.59. The normalized spacial score (nSPS) is 16.3. The van der Waals surface area contributed by atoms with Crippen LogP contribution in [0.5, 0.6) is 0 Å². The number of rotatable bonds is 7. The van der Waals surface area contributed by atoms with Crippen molar-refractivity contribution in [1.29, 1.82) is 0 Å². The van der Waals surface area contributed by atoms with Crippen LogP contribution >= 0.6 is 0 Å². The molecule has 9 heteroatoms. The van der Waals surface area contributed by atoms with Crippen LogP contribution in [0.15, 0.2) is 36.7 Å². The number of aromatic nitrogens is 2. The number of amides is 3. The molecular weight excluding hydrogens is 470 g/mol. The third kappa shape index (κ3) is 7.05. The Morgan fingerprint density at radius 3 is 2.14 bits per heavy atom. The van der Waals surface area contributed by atoms with E-state index in [1.807, 2.05) is 56.9 Å². The van der Waals surface area contributed by atoms with Crippen LogP contribution in [0.3, 0.4) is 0 Å². The predicted octanol–water partition coefficient (Wildman–Crippen LogP) is 3.83. The smallest absolute Gasteiger partial charge is 0.410 e. The third-order valence-corrected chi connectivity index (χ3v) is 6.53. The van der Waals surface area contributed by atoms with Gasteiger partial charge in [-0.2, -0.15) is 0 Å². The highest BCUT2D eigenvalue weighted by atomic mass is 16.6. The second-order valence-corrected chi connectivity index (χ2v) is 10.8. The molecule has 1 aliphatic heterocycles. The van der Waals surface area contributed by atoms with Crippen molar-refractivity contribution in [2.24, 2.45) is 0 Å². The van der Waals surface area contributed by atoms with Crippen molar-refractivity contribution in [3.8, 4) is 11.4 Å². The quantitative estimate of drug-likeness (QED) is 0.611. The summed E-state index contributed by atoms with van der Waals surface area (Å²) in [6.07, 6.45) is 6.68. The molecule has 2 heterocycles. The Kier molecular flexibility index (Phi) is 8.10. The Bertz CT molecular complexity index is 1100. The summed E-state index contributed by atoms with van der Waals surface area (Å²) < 4.78 is 5.50. The molecule has 1 saturated carbocycles. The molecule has 1 N–H and O–H groups in total. The first-order chi connectivity index (χ1) is 17.6. The summed E-state index contributed by atoms with van der Waals surface area (Å²) in [6.45, 7) is 9.24. The SMILES string of the molecule is CCNC(=O)Cc1ccc(-c2ncc(C(=O)N(C3CC3)C3CCN(C(=O)OC(C)(C)C)CC3)cn2)cc1. The van der Waals surface area contributed by atoms with E-state index in [1.165, 1.54) is 0 Å². The van der Waals surface area contributed by atoms with Gasteiger partial charge in [-0.05, 0) is 58.9 Å². The van der Waals surface area contributed by atoms with E-state index in [-0.39, 0.29) is 30.0 Å². The molecule has 0 bridgehead atoms. The fraction of sp³-hybridized carbons (Fsp3) is 0.536. The highest BCUT2D eigenvalue weighted by Gasteiger charge is 2.40. The van der Waals surface area contributed by atoms with Crippen molar-refractivity contribution >= 4 is 17.9 Å². The van der Waals surface area contributed by atoms with Gasteiger partial charge in [0.2, 0.25) is 5.91 Å². The number of likely N-dealkylation sites (N-methyl/N-ethyl adjacent to an activating group) is 1. The molecule has 0 unspecified atom stereocenters. The second-order valence-electron chi connectivity index (χ2n) is 10.8. The Hall–Kier alpha value is -3.49. The number of hydrogen-bond donors (Lipinski definition) is 1. The number of nitrogens with one attached hydrogen (secondary N) is 1. The van der Waals surface area contributed by atoms with Gasteiger partial charge < -0.3 is 19.9 Å². The summed E-state index contributed by atoms with van der Waals surface area (Å²) in [5.74, 6) is 0.469. The molecule has 0 spiro atoms. The van der Waals surface area contributed by atoms with Crippen LogP contribution in [-0.2, 0) is 16.0 Å². The van der Waals surface area contributed by atoms with Gasteiger partial charge in [-0.1, -0.05) is 24.3 Å². The Morgan fingerprint density at radius 1 is 1.00 bits per heavy atom. The monoisotopic (exact) mass is 507 g/mol. The molecule has 1 saturated heterocycles. The van der Waals surface area contributed by atoms with Crippen LogP contribution in [0.4, 0.5) is 4.79 Å². The lowest BCUT2D eigenvalue weighted by Gasteiger charge is -2.39. The number of piperidine rings is 1. The first-order valence-electron chi connectivity index (χ1n) is 13.1. The molecule has 3 amide bonds. The van der Waals surface area contributed by atoms with Crippen molar-refractivity contribution in [2.45, 2.75) is 77.5 Å². The van der Waals surface area contributed by atoms with Crippen LogP contribution in [0, 0.1) is 0 Å². The van der Waals surface area contributed by atoms with Gasteiger partial charge in [-0.15, -0.1) is 0 Å². The zero-order valence-corrected chi connectivity index (χ0v) is 22.2. The van der Waals surface area contributed by atoms with E-state index in [0.717, 1.165) is 36.8 Å². The van der Waals surface area contributed by atoms with Crippen LogP contribution in [0.1, 0.15) is 69.3 Å². The minimum atomic E-state index is -0.524. The number of carbonyl (C=O) groups is 3. The predicted molar refractivity (Wildman–Crippen MR) is 140 cm³/mol. The number of carbonyl (C=O) groups excluding carboxylic acids is 3. The minimum Gasteiger partial charge on any atom is -0.444 e. The summed E-state index contributed by atoms with van der Waals surface area (Å²) in [5, 5.41) is 2.79. The van der Waals surface area contributed by atoms with E-state index in [9.17, 15) is 14.4 Å². The maximum Gasteiger partial charge on any atom is 0.410 e. The van der Waals surface area contributed by atoms with E-state index in [4.69, 9.17) is 4.74 Å². The molecule has 0 radical (unpaired) electrons. The van der Waals surface area contributed by atoms with E-state index < -0.39 is 5.60 Å². The van der Waals surface area contributed by atoms with E-state index in [2.05, 4.69) is 15.3 Å². The lowest BCUT2D eigenvalue weighted by Crippen LogP contribution is -2.50. The lowest BCUT2D eigenvalue weighted by molar-refractivity contribution is -0.120. The van der Waals surface area contributed by atoms with E-state index in [1.54, 1.807) is 17.3 Å². The van der Waals surface area contributed by atoms with Crippen molar-refractivity contribution in [1.82, 2.24) is 25.1 Å². The zero-order valence-electron chi connectivity index (χ0n) is 22.2. The Morgan fingerprint density at radius 2 is 1.59 bits per heavy atom. The molecule has 2 aromatic rings. The van der Waals surface area contributed by atoms with Crippen molar-refractivity contribution < 1.29 is 19.1 Å². The fourth-order valence-electron chi connectivity index (χ4n) is 4.59. The molecule has 9 nitrogen and oxygen atoms in total. The van der Waals surface area contributed by atoms with E-state index >= 15 is 0 Å². The largest absolute Gasteiger partial charge is 0.444 e. The van der Waals surface area contributed by atoms with Crippen LogP contribution in [0.25, 0.3) is 11.4 Å². The first-order valence-corrected chi connectivity index (χ1v) is 13.1. The summed E-state index contributed by atoms with van der Waals surface area (Å²) >= 11 is 0. The number of nitrogens with zero attached hydrogens (tertiary/aromatic N) is 4. The van der Waals surface area contributed by atoms with Crippen molar-refractivity contribution in [3.63, 3.8) is 0 Å². The van der Waals surface area contributed by atoms with E-state index in [0.29, 0.717) is 37.4 Å². The number of likely N-dealkylation sites (tertiary alicyclic amines) is 1. The van der Waals surface area contributed by atoms with Crippen molar-refractivity contribution in [2.75, 3.05) is 19.6 Å². The molecule has 1 aromatic carbocycles. The summed E-state index contributed by atoms with van der Waals surface area (Å²) in [7, 11) is 0. The molecule has 0 atom stereocenters. The first kappa shape index (κ1) is 26.6. The highest BCUT2D eigenvalue weighted by Crippen LogP contribution is 2.33. The molecule has 1 aliphatic carbocycles. The van der Waals surface area contributed by atoms with Crippen LogP contribution < -0.4 is 5.32 Å². The van der Waals surface area contributed by atoms with Gasteiger partial charge in [0.25, 0.3) is 5.91 Å². The van der Waals surface area contributed by atoms with Gasteiger partial charge in [0.1, 0.15) is 5.60 Å². The standard InChI is InChI=1S/C28H37N5O4/c1-5-29-24(34)16-19-6-8-20(9-7-19)25-30-17-21(18-31-25)26(35)33(22-10-11-22)23-12-14-32(15-13-23)27(36)37-28(2,3)4/h6-9,17-18,22-23H,5,10-16H2,1-4H3,(H,29,34). The van der Waals surface area contributed by atoms with Gasteiger partial charge >= 0.3 is 6.09 Å². The van der Waals surface area contributed by atoms with Gasteiger partial charge in [0, 0.05) is 49.7 Å². The molecule has 198 valence electrons. The zero-order chi connectivity index (χ0) is 26.6. The van der Waals surface area contributed by atoms with Crippen molar-refractivity contribution in [3.05, 3.63) is 47.8 Å². The van der Waals surface area contributed by atoms with Gasteiger partial charge in [-0.25, -0.2) is 14.8 Å². The average Bonchev–Trinajstić information content (AvgIpc) is 3.69. The summed E-state index contributed by atoms with van der Waals surface area (Å²) in [6, 6.07) is 7.89. The average molecular weight is 508 g/mol. The molecule has 1 aromatic heterocycles. The van der Waals surface area contributed by atoms with Crippen LogP contribution in [-0.4, -0.2) is 75.0 Å². The maximum atomic E-state index is 13.5.